The number of nitro groups is 1. The summed E-state index contributed by atoms with van der Waals surface area (Å²) < 4.78 is 12.2. The van der Waals surface area contributed by atoms with Crippen molar-refractivity contribution >= 4 is 38.8 Å². The van der Waals surface area contributed by atoms with Gasteiger partial charge in [0.25, 0.3) is 5.69 Å². The number of halogens is 1. The highest BCUT2D eigenvalue weighted by Gasteiger charge is 2.19. The van der Waals surface area contributed by atoms with Crippen molar-refractivity contribution in [3.63, 3.8) is 0 Å². The fourth-order valence-electron chi connectivity index (χ4n) is 3.18. The van der Waals surface area contributed by atoms with Gasteiger partial charge < -0.3 is 14.4 Å². The summed E-state index contributed by atoms with van der Waals surface area (Å²) in [6, 6.07) is 10.2. The summed E-state index contributed by atoms with van der Waals surface area (Å²) in [6.45, 7) is 2.14. The van der Waals surface area contributed by atoms with Crippen LogP contribution in [0.5, 0.6) is 11.5 Å². The van der Waals surface area contributed by atoms with Crippen LogP contribution < -0.4 is 9.47 Å². The summed E-state index contributed by atoms with van der Waals surface area (Å²) in [5.74, 6) is 1.10. The van der Waals surface area contributed by atoms with Gasteiger partial charge in [-0.15, -0.1) is 0 Å². The third kappa shape index (κ3) is 4.80. The van der Waals surface area contributed by atoms with Crippen molar-refractivity contribution in [3.05, 3.63) is 62.1 Å². The molecule has 3 rings (SSSR count). The van der Waals surface area contributed by atoms with Gasteiger partial charge in [-0.3, -0.25) is 10.1 Å². The molecule has 28 heavy (non-hydrogen) atoms. The lowest BCUT2D eigenvalue weighted by Gasteiger charge is -2.29. The SMILES string of the molecule is COc1cc(C(=S)N2CCCCC2)cc(Br)c1OCc1cccc([N+](=O)[O-])c1. The fraction of sp³-hybridized carbons (Fsp3) is 0.350. The molecule has 0 saturated carbocycles. The van der Waals surface area contributed by atoms with Gasteiger partial charge in [0.1, 0.15) is 11.6 Å². The van der Waals surface area contributed by atoms with E-state index in [-0.39, 0.29) is 12.3 Å². The molecule has 8 heteroatoms. The number of hydrogen-bond donors (Lipinski definition) is 0. The second-order valence-corrected chi connectivity index (χ2v) is 7.80. The zero-order valence-electron chi connectivity index (χ0n) is 15.5. The standard InChI is InChI=1S/C20H21BrN2O4S/c1-26-18-12-15(20(28)22-8-3-2-4-9-22)11-17(21)19(18)27-13-14-6-5-7-16(10-14)23(24)25/h5-7,10-12H,2-4,8-9,13H2,1H3. The number of hydrogen-bond acceptors (Lipinski definition) is 5. The number of ether oxygens (including phenoxy) is 2. The predicted molar refractivity (Wildman–Crippen MR) is 115 cm³/mol. The van der Waals surface area contributed by atoms with Gasteiger partial charge in [0, 0.05) is 30.8 Å². The van der Waals surface area contributed by atoms with Gasteiger partial charge in [0.15, 0.2) is 11.5 Å². The normalized spacial score (nSPS) is 13.9. The zero-order valence-corrected chi connectivity index (χ0v) is 17.9. The zero-order chi connectivity index (χ0) is 20.1. The van der Waals surface area contributed by atoms with Crippen molar-refractivity contribution in [2.75, 3.05) is 20.2 Å². The van der Waals surface area contributed by atoms with Crippen LogP contribution >= 0.6 is 28.1 Å². The number of nitrogens with zero attached hydrogens (tertiary/aromatic N) is 2. The van der Waals surface area contributed by atoms with Gasteiger partial charge in [0.05, 0.1) is 16.5 Å². The predicted octanol–water partition coefficient (Wildman–Crippen LogP) is 5.11. The van der Waals surface area contributed by atoms with E-state index < -0.39 is 4.92 Å². The van der Waals surface area contributed by atoms with Crippen LogP contribution in [-0.4, -0.2) is 35.0 Å². The average molecular weight is 465 g/mol. The van der Waals surface area contributed by atoms with E-state index in [0.29, 0.717) is 17.1 Å². The molecule has 1 saturated heterocycles. The first-order valence-electron chi connectivity index (χ1n) is 9.02. The van der Waals surface area contributed by atoms with E-state index in [0.717, 1.165) is 41.0 Å². The van der Waals surface area contributed by atoms with Gasteiger partial charge in [-0.2, -0.15) is 0 Å². The highest BCUT2D eigenvalue weighted by atomic mass is 79.9. The Bertz CT molecular complexity index is 885. The van der Waals surface area contributed by atoms with Crippen molar-refractivity contribution in [2.24, 2.45) is 0 Å². The largest absolute Gasteiger partial charge is 0.493 e. The first-order valence-corrected chi connectivity index (χ1v) is 10.2. The summed E-state index contributed by atoms with van der Waals surface area (Å²) in [5, 5.41) is 10.9. The highest BCUT2D eigenvalue weighted by molar-refractivity contribution is 9.10. The van der Waals surface area contributed by atoms with Gasteiger partial charge in [-0.05, 0) is 52.9 Å². The molecule has 0 amide bonds. The van der Waals surface area contributed by atoms with Crippen LogP contribution in [0, 0.1) is 10.1 Å². The lowest BCUT2D eigenvalue weighted by Crippen LogP contribution is -2.34. The minimum atomic E-state index is -0.420. The Morgan fingerprint density at radius 1 is 1.25 bits per heavy atom. The molecule has 0 radical (unpaired) electrons. The molecule has 1 fully saturated rings. The lowest BCUT2D eigenvalue weighted by atomic mass is 10.1. The Hall–Kier alpha value is -2.19. The van der Waals surface area contributed by atoms with Crippen molar-refractivity contribution in [3.8, 4) is 11.5 Å². The smallest absolute Gasteiger partial charge is 0.269 e. The molecule has 0 aliphatic carbocycles. The second-order valence-electron chi connectivity index (χ2n) is 6.56. The Morgan fingerprint density at radius 2 is 2.00 bits per heavy atom. The van der Waals surface area contributed by atoms with E-state index in [1.54, 1.807) is 19.2 Å². The van der Waals surface area contributed by atoms with E-state index in [2.05, 4.69) is 20.8 Å². The number of benzene rings is 2. The second kappa shape index (κ2) is 9.34. The molecule has 0 aromatic heterocycles. The van der Waals surface area contributed by atoms with E-state index in [1.165, 1.54) is 18.6 Å². The van der Waals surface area contributed by atoms with E-state index in [4.69, 9.17) is 21.7 Å². The molecule has 0 spiro atoms. The van der Waals surface area contributed by atoms with Crippen LogP contribution in [0.3, 0.4) is 0 Å². The molecule has 6 nitrogen and oxygen atoms in total. The number of piperidine rings is 1. The van der Waals surface area contributed by atoms with E-state index in [9.17, 15) is 10.1 Å². The molecule has 0 unspecified atom stereocenters. The molecule has 2 aromatic rings. The lowest BCUT2D eigenvalue weighted by molar-refractivity contribution is -0.384. The molecule has 0 N–H and O–H groups in total. The maximum absolute atomic E-state index is 10.9. The first-order chi connectivity index (χ1) is 13.5. The monoisotopic (exact) mass is 464 g/mol. The molecule has 1 aliphatic heterocycles. The summed E-state index contributed by atoms with van der Waals surface area (Å²) in [7, 11) is 1.58. The van der Waals surface area contributed by atoms with E-state index in [1.807, 2.05) is 12.1 Å². The van der Waals surface area contributed by atoms with Crippen LogP contribution in [0.2, 0.25) is 0 Å². The summed E-state index contributed by atoms with van der Waals surface area (Å²) in [5.41, 5.74) is 1.65. The molecule has 148 valence electrons. The molecule has 1 heterocycles. The minimum Gasteiger partial charge on any atom is -0.493 e. The number of nitro benzene ring substituents is 1. The maximum atomic E-state index is 10.9. The number of non-ortho nitro benzene ring substituents is 1. The Kier molecular flexibility index (Phi) is 6.85. The number of rotatable bonds is 6. The van der Waals surface area contributed by atoms with Crippen molar-refractivity contribution in [2.45, 2.75) is 25.9 Å². The van der Waals surface area contributed by atoms with Crippen molar-refractivity contribution in [1.29, 1.82) is 0 Å². The van der Waals surface area contributed by atoms with Crippen LogP contribution in [-0.2, 0) is 6.61 Å². The molecule has 1 aliphatic rings. The topological polar surface area (TPSA) is 64.8 Å². The van der Waals surface area contributed by atoms with Crippen molar-refractivity contribution in [1.82, 2.24) is 4.90 Å². The Labute approximate surface area is 177 Å². The number of methoxy groups -OCH3 is 1. The van der Waals surface area contributed by atoms with Gasteiger partial charge in [-0.25, -0.2) is 0 Å². The van der Waals surface area contributed by atoms with Gasteiger partial charge >= 0.3 is 0 Å². The third-order valence-electron chi connectivity index (χ3n) is 4.62. The Morgan fingerprint density at radius 3 is 2.68 bits per heavy atom. The quantitative estimate of drug-likeness (QED) is 0.336. The van der Waals surface area contributed by atoms with Crippen molar-refractivity contribution < 1.29 is 14.4 Å². The molecule has 0 bridgehead atoms. The number of likely N-dealkylation sites (tertiary alicyclic amines) is 1. The summed E-state index contributed by atoms with van der Waals surface area (Å²) in [6.07, 6.45) is 3.56. The first kappa shape index (κ1) is 20.5. The van der Waals surface area contributed by atoms with Crippen LogP contribution in [0.25, 0.3) is 0 Å². The number of thiocarbonyl (C=S) groups is 1. The van der Waals surface area contributed by atoms with Gasteiger partial charge in [-0.1, -0.05) is 24.4 Å². The summed E-state index contributed by atoms with van der Waals surface area (Å²) >= 11 is 9.23. The minimum absolute atomic E-state index is 0.0364. The Balaban J connectivity index is 1.79. The van der Waals surface area contributed by atoms with E-state index >= 15 is 0 Å². The third-order valence-corrected chi connectivity index (χ3v) is 5.71. The fourth-order valence-corrected chi connectivity index (χ4v) is 4.04. The molecular formula is C20H21BrN2O4S. The highest BCUT2D eigenvalue weighted by Crippen LogP contribution is 2.38. The molecule has 2 aromatic carbocycles. The van der Waals surface area contributed by atoms with Crippen LogP contribution in [0.15, 0.2) is 40.9 Å². The molecule has 0 atom stereocenters. The average Bonchev–Trinajstić information content (AvgIpc) is 2.72. The van der Waals surface area contributed by atoms with Gasteiger partial charge in [0.2, 0.25) is 0 Å². The maximum Gasteiger partial charge on any atom is 0.269 e. The molecular weight excluding hydrogens is 444 g/mol. The van der Waals surface area contributed by atoms with Crippen LogP contribution in [0.1, 0.15) is 30.4 Å². The van der Waals surface area contributed by atoms with Crippen LogP contribution in [0.4, 0.5) is 5.69 Å². The summed E-state index contributed by atoms with van der Waals surface area (Å²) in [4.78, 5) is 13.5.